The maximum absolute atomic E-state index is 13.2. The number of benzene rings is 1. The lowest BCUT2D eigenvalue weighted by Crippen LogP contribution is -2.24. The molecule has 0 radical (unpaired) electrons. The van der Waals surface area contributed by atoms with E-state index in [1.165, 1.54) is 30.5 Å². The predicted molar refractivity (Wildman–Crippen MR) is 65.1 cm³/mol. The monoisotopic (exact) mass is 234 g/mol. The van der Waals surface area contributed by atoms with Gasteiger partial charge < -0.3 is 10.6 Å². The van der Waals surface area contributed by atoms with Crippen LogP contribution >= 0.6 is 0 Å². The van der Waals surface area contributed by atoms with Crippen molar-refractivity contribution in [2.24, 2.45) is 0 Å². The van der Waals surface area contributed by atoms with Crippen molar-refractivity contribution in [2.45, 2.75) is 25.7 Å². The highest BCUT2D eigenvalue weighted by molar-refractivity contribution is 5.90. The molecular weight excluding hydrogens is 219 g/mol. The Hall–Kier alpha value is -1.84. The fourth-order valence-electron chi connectivity index (χ4n) is 1.86. The largest absolute Gasteiger partial charge is 0.323 e. The van der Waals surface area contributed by atoms with Crippen LogP contribution in [0.1, 0.15) is 25.7 Å². The Morgan fingerprint density at radius 3 is 2.65 bits per heavy atom. The molecule has 0 atom stereocenters. The molecule has 0 aromatic heterocycles. The molecule has 2 N–H and O–H groups in total. The van der Waals surface area contributed by atoms with Gasteiger partial charge in [0.25, 0.3) is 0 Å². The molecule has 17 heavy (non-hydrogen) atoms. The van der Waals surface area contributed by atoms with Gasteiger partial charge in [0.2, 0.25) is 0 Å². The summed E-state index contributed by atoms with van der Waals surface area (Å²) in [6.07, 6.45) is 6.17. The van der Waals surface area contributed by atoms with Gasteiger partial charge in [0.1, 0.15) is 5.82 Å². The van der Waals surface area contributed by atoms with Crippen LogP contribution in [0.15, 0.2) is 36.0 Å². The van der Waals surface area contributed by atoms with E-state index in [1.807, 2.05) is 0 Å². The molecule has 0 heterocycles. The minimum atomic E-state index is -0.434. The Bertz CT molecular complexity index is 435. The summed E-state index contributed by atoms with van der Waals surface area (Å²) in [5.41, 5.74) is 1.43. The summed E-state index contributed by atoms with van der Waals surface area (Å²) in [7, 11) is 0. The van der Waals surface area contributed by atoms with Gasteiger partial charge in [-0.1, -0.05) is 17.7 Å². The molecule has 2 amide bonds. The van der Waals surface area contributed by atoms with Gasteiger partial charge in [0.05, 0.1) is 5.69 Å². The maximum Gasteiger partial charge on any atom is 0.323 e. The van der Waals surface area contributed by atoms with E-state index in [4.69, 9.17) is 0 Å². The molecule has 1 aromatic rings. The van der Waals surface area contributed by atoms with Crippen LogP contribution in [0.5, 0.6) is 0 Å². The van der Waals surface area contributed by atoms with Gasteiger partial charge in [0.15, 0.2) is 0 Å². The highest BCUT2D eigenvalue weighted by Gasteiger charge is 2.08. The van der Waals surface area contributed by atoms with Crippen molar-refractivity contribution in [1.82, 2.24) is 5.32 Å². The van der Waals surface area contributed by atoms with E-state index in [-0.39, 0.29) is 5.69 Å². The van der Waals surface area contributed by atoms with Crippen molar-refractivity contribution in [3.8, 4) is 0 Å². The number of nitrogens with one attached hydrogen (secondary N) is 2. The smallest absolute Gasteiger partial charge is 0.314 e. The van der Waals surface area contributed by atoms with E-state index >= 15 is 0 Å². The molecule has 0 saturated heterocycles. The van der Waals surface area contributed by atoms with Crippen LogP contribution in [-0.2, 0) is 0 Å². The maximum atomic E-state index is 13.2. The highest BCUT2D eigenvalue weighted by atomic mass is 19.1. The molecular formula is C13H15FN2O. The molecule has 0 spiro atoms. The summed E-state index contributed by atoms with van der Waals surface area (Å²) in [5, 5.41) is 5.09. The summed E-state index contributed by atoms with van der Waals surface area (Å²) < 4.78 is 13.2. The zero-order valence-corrected chi connectivity index (χ0v) is 9.50. The number of hydrogen-bond acceptors (Lipinski definition) is 1. The Morgan fingerprint density at radius 2 is 1.94 bits per heavy atom. The van der Waals surface area contributed by atoms with Crippen LogP contribution in [0.25, 0.3) is 0 Å². The van der Waals surface area contributed by atoms with Gasteiger partial charge in [-0.05, 0) is 37.8 Å². The summed E-state index contributed by atoms with van der Waals surface area (Å²) in [6.45, 7) is 0. The van der Waals surface area contributed by atoms with Crippen LogP contribution in [0.2, 0.25) is 0 Å². The third-order valence-electron chi connectivity index (χ3n) is 2.78. The van der Waals surface area contributed by atoms with E-state index in [0.717, 1.165) is 12.8 Å². The van der Waals surface area contributed by atoms with E-state index in [0.29, 0.717) is 0 Å². The number of carbonyl (C=O) groups is 1. The molecule has 90 valence electrons. The minimum absolute atomic E-state index is 0.190. The summed E-state index contributed by atoms with van der Waals surface area (Å²) in [5.74, 6) is -0.434. The highest BCUT2D eigenvalue weighted by Crippen LogP contribution is 2.22. The Kier molecular flexibility index (Phi) is 3.75. The van der Waals surface area contributed by atoms with Gasteiger partial charge >= 0.3 is 6.03 Å². The molecule has 1 aliphatic rings. The minimum Gasteiger partial charge on any atom is -0.314 e. The number of anilines is 1. The first-order valence-corrected chi connectivity index (χ1v) is 5.75. The van der Waals surface area contributed by atoms with Crippen LogP contribution in [0.4, 0.5) is 14.9 Å². The molecule has 0 aliphatic heterocycles. The molecule has 1 aromatic carbocycles. The van der Waals surface area contributed by atoms with Crippen molar-refractivity contribution in [2.75, 3.05) is 5.32 Å². The topological polar surface area (TPSA) is 41.1 Å². The lowest BCUT2D eigenvalue weighted by Gasteiger charge is -2.06. The van der Waals surface area contributed by atoms with Gasteiger partial charge in [-0.3, -0.25) is 0 Å². The Morgan fingerprint density at radius 1 is 1.24 bits per heavy atom. The molecule has 2 rings (SSSR count). The number of para-hydroxylation sites is 1. The van der Waals surface area contributed by atoms with E-state index < -0.39 is 11.8 Å². The number of urea groups is 1. The van der Waals surface area contributed by atoms with E-state index in [9.17, 15) is 9.18 Å². The average Bonchev–Trinajstić information content (AvgIpc) is 2.82. The zero-order valence-electron chi connectivity index (χ0n) is 9.50. The fraction of sp³-hybridized carbons (Fsp3) is 0.308. The number of halogens is 1. The Balaban J connectivity index is 1.89. The predicted octanol–water partition coefficient (Wildman–Crippen LogP) is 3.41. The number of hydrogen-bond donors (Lipinski definition) is 2. The standard InChI is InChI=1S/C13H15FN2O/c14-11-7-3-4-8-12(11)16-13(17)15-9-10-5-1-2-6-10/h3-4,7-9H,1-2,5-6H2,(H2,15,16,17). The normalized spacial score (nSPS) is 14.5. The molecule has 1 aliphatic carbocycles. The van der Waals surface area contributed by atoms with Crippen LogP contribution in [0, 0.1) is 5.82 Å². The van der Waals surface area contributed by atoms with Crippen LogP contribution in [-0.4, -0.2) is 6.03 Å². The molecule has 3 nitrogen and oxygen atoms in total. The first-order chi connectivity index (χ1) is 8.25. The summed E-state index contributed by atoms with van der Waals surface area (Å²) in [4.78, 5) is 11.5. The molecule has 1 fully saturated rings. The Labute approximate surface area is 99.7 Å². The number of carbonyl (C=O) groups excluding carboxylic acids is 1. The van der Waals surface area contributed by atoms with E-state index in [2.05, 4.69) is 10.6 Å². The van der Waals surface area contributed by atoms with Crippen molar-refractivity contribution in [3.05, 3.63) is 41.9 Å². The quantitative estimate of drug-likeness (QED) is 0.809. The zero-order chi connectivity index (χ0) is 12.1. The van der Waals surface area contributed by atoms with Crippen molar-refractivity contribution >= 4 is 11.7 Å². The average molecular weight is 234 g/mol. The van der Waals surface area contributed by atoms with Gasteiger partial charge in [0, 0.05) is 6.20 Å². The molecule has 0 unspecified atom stereocenters. The first kappa shape index (κ1) is 11.6. The fourth-order valence-corrected chi connectivity index (χ4v) is 1.86. The summed E-state index contributed by atoms with van der Waals surface area (Å²) in [6, 6.07) is 5.69. The second-order valence-corrected chi connectivity index (χ2v) is 4.09. The van der Waals surface area contributed by atoms with Crippen LogP contribution < -0.4 is 10.6 Å². The third-order valence-corrected chi connectivity index (χ3v) is 2.78. The second kappa shape index (κ2) is 5.48. The van der Waals surface area contributed by atoms with Gasteiger partial charge in [-0.25, -0.2) is 9.18 Å². The van der Waals surface area contributed by atoms with Gasteiger partial charge in [-0.15, -0.1) is 0 Å². The second-order valence-electron chi connectivity index (χ2n) is 4.09. The first-order valence-electron chi connectivity index (χ1n) is 5.75. The number of allylic oxidation sites excluding steroid dienone is 1. The third kappa shape index (κ3) is 3.31. The number of amides is 2. The molecule has 4 heteroatoms. The SMILES string of the molecule is O=C(NC=C1CCCC1)Nc1ccccc1F. The lowest BCUT2D eigenvalue weighted by molar-refractivity contribution is 0.255. The number of rotatable bonds is 2. The van der Waals surface area contributed by atoms with E-state index in [1.54, 1.807) is 18.3 Å². The van der Waals surface area contributed by atoms with Crippen molar-refractivity contribution in [3.63, 3.8) is 0 Å². The van der Waals surface area contributed by atoms with Crippen LogP contribution in [0.3, 0.4) is 0 Å². The van der Waals surface area contributed by atoms with Gasteiger partial charge in [-0.2, -0.15) is 0 Å². The molecule has 0 bridgehead atoms. The van der Waals surface area contributed by atoms with Crippen molar-refractivity contribution < 1.29 is 9.18 Å². The van der Waals surface area contributed by atoms with Crippen molar-refractivity contribution in [1.29, 1.82) is 0 Å². The molecule has 1 saturated carbocycles. The summed E-state index contributed by atoms with van der Waals surface area (Å²) >= 11 is 0. The lowest BCUT2D eigenvalue weighted by atomic mass is 10.2.